The maximum absolute atomic E-state index is 11.4. The van der Waals surface area contributed by atoms with Gasteiger partial charge in [-0.15, -0.1) is 0 Å². The monoisotopic (exact) mass is 282 g/mol. The molecule has 1 saturated heterocycles. The van der Waals surface area contributed by atoms with Gasteiger partial charge in [0.1, 0.15) is 15.7 Å². The maximum atomic E-state index is 11.4. The van der Waals surface area contributed by atoms with Gasteiger partial charge < -0.3 is 4.57 Å². The molecule has 3 rings (SSSR count). The lowest BCUT2D eigenvalue weighted by Gasteiger charge is -2.20. The van der Waals surface area contributed by atoms with Crippen molar-refractivity contribution >= 4 is 9.84 Å². The molecule has 2 aliphatic rings. The van der Waals surface area contributed by atoms with E-state index in [0.717, 1.165) is 43.8 Å². The molecule has 3 heterocycles. The molecule has 106 valence electrons. The first-order valence-electron chi connectivity index (χ1n) is 7.27. The molecule has 0 bridgehead atoms. The Kier molecular flexibility index (Phi) is 3.41. The van der Waals surface area contributed by atoms with E-state index in [-0.39, 0.29) is 0 Å². The fraction of sp³-hybridized carbons (Fsp3) is 0.786. The van der Waals surface area contributed by atoms with Gasteiger partial charge in [-0.1, -0.05) is 6.92 Å². The third kappa shape index (κ3) is 3.02. The number of fused-ring (bicyclic) bond motifs is 1. The SMILES string of the molecule is CC1CCc2nc(CC3CCS(=O)(=O)CC3)cn2C1. The van der Waals surface area contributed by atoms with Crippen LogP contribution < -0.4 is 0 Å². The Morgan fingerprint density at radius 3 is 2.79 bits per heavy atom. The van der Waals surface area contributed by atoms with E-state index in [2.05, 4.69) is 17.7 Å². The van der Waals surface area contributed by atoms with Crippen molar-refractivity contribution < 1.29 is 8.42 Å². The summed E-state index contributed by atoms with van der Waals surface area (Å²) in [5, 5.41) is 0. The summed E-state index contributed by atoms with van der Waals surface area (Å²) in [6.07, 6.45) is 7.07. The highest BCUT2D eigenvalue weighted by Gasteiger charge is 2.25. The van der Waals surface area contributed by atoms with Gasteiger partial charge in [0.05, 0.1) is 17.2 Å². The van der Waals surface area contributed by atoms with Gasteiger partial charge in [-0.05, 0) is 37.5 Å². The second-order valence-electron chi connectivity index (χ2n) is 6.24. The first-order chi connectivity index (χ1) is 9.02. The number of imidazole rings is 1. The third-order valence-corrected chi connectivity index (χ3v) is 6.17. The van der Waals surface area contributed by atoms with Crippen molar-refractivity contribution in [1.29, 1.82) is 0 Å². The van der Waals surface area contributed by atoms with Crippen LogP contribution in [0.15, 0.2) is 6.20 Å². The Morgan fingerprint density at radius 2 is 2.05 bits per heavy atom. The predicted molar refractivity (Wildman–Crippen MR) is 74.8 cm³/mol. The van der Waals surface area contributed by atoms with Crippen molar-refractivity contribution in [2.45, 2.75) is 45.6 Å². The molecule has 0 aromatic carbocycles. The quantitative estimate of drug-likeness (QED) is 0.831. The van der Waals surface area contributed by atoms with Crippen LogP contribution in [0.25, 0.3) is 0 Å². The van der Waals surface area contributed by atoms with Gasteiger partial charge in [-0.3, -0.25) is 0 Å². The summed E-state index contributed by atoms with van der Waals surface area (Å²) >= 11 is 0. The zero-order chi connectivity index (χ0) is 13.5. The zero-order valence-electron chi connectivity index (χ0n) is 11.5. The first-order valence-corrected chi connectivity index (χ1v) is 9.09. The highest BCUT2D eigenvalue weighted by molar-refractivity contribution is 7.91. The van der Waals surface area contributed by atoms with Gasteiger partial charge >= 0.3 is 0 Å². The van der Waals surface area contributed by atoms with Crippen molar-refractivity contribution in [2.75, 3.05) is 11.5 Å². The molecule has 4 nitrogen and oxygen atoms in total. The zero-order valence-corrected chi connectivity index (χ0v) is 12.3. The molecule has 1 unspecified atom stereocenters. The number of sulfone groups is 1. The fourth-order valence-corrected chi connectivity index (χ4v) is 4.80. The highest BCUT2D eigenvalue weighted by atomic mass is 32.2. The van der Waals surface area contributed by atoms with Crippen LogP contribution in [0.3, 0.4) is 0 Å². The van der Waals surface area contributed by atoms with Crippen molar-refractivity contribution in [3.8, 4) is 0 Å². The molecule has 2 aliphatic heterocycles. The lowest BCUT2D eigenvalue weighted by atomic mass is 9.97. The smallest absolute Gasteiger partial charge is 0.150 e. The summed E-state index contributed by atoms with van der Waals surface area (Å²) in [5.74, 6) is 3.19. The Balaban J connectivity index is 1.65. The predicted octanol–water partition coefficient (Wildman–Crippen LogP) is 1.83. The molecule has 1 atom stereocenters. The average Bonchev–Trinajstić information content (AvgIpc) is 2.73. The van der Waals surface area contributed by atoms with Gasteiger partial charge in [0.15, 0.2) is 0 Å². The third-order valence-electron chi connectivity index (χ3n) is 4.45. The molecule has 0 aliphatic carbocycles. The average molecular weight is 282 g/mol. The van der Waals surface area contributed by atoms with Crippen LogP contribution in [0.5, 0.6) is 0 Å². The number of nitrogens with zero attached hydrogens (tertiary/aromatic N) is 2. The van der Waals surface area contributed by atoms with Crippen molar-refractivity contribution in [3.05, 3.63) is 17.7 Å². The maximum Gasteiger partial charge on any atom is 0.150 e. The van der Waals surface area contributed by atoms with Crippen LogP contribution in [0, 0.1) is 11.8 Å². The van der Waals surface area contributed by atoms with Crippen molar-refractivity contribution in [3.63, 3.8) is 0 Å². The summed E-state index contributed by atoms with van der Waals surface area (Å²) < 4.78 is 25.1. The van der Waals surface area contributed by atoms with Gasteiger partial charge in [0.25, 0.3) is 0 Å². The molecule has 0 N–H and O–H groups in total. The molecule has 0 radical (unpaired) electrons. The second kappa shape index (κ2) is 4.93. The van der Waals surface area contributed by atoms with E-state index in [1.807, 2.05) is 0 Å². The molecule has 1 fully saturated rings. The number of hydrogen-bond donors (Lipinski definition) is 0. The standard InChI is InChI=1S/C14H22N2O2S/c1-11-2-3-14-15-13(10-16(14)9-11)8-12-4-6-19(17,18)7-5-12/h10-12H,2-9H2,1H3. The van der Waals surface area contributed by atoms with Crippen LogP contribution in [-0.4, -0.2) is 29.5 Å². The summed E-state index contributed by atoms with van der Waals surface area (Å²) in [6, 6.07) is 0. The van der Waals surface area contributed by atoms with Gasteiger partial charge in [-0.2, -0.15) is 0 Å². The Morgan fingerprint density at radius 1 is 1.32 bits per heavy atom. The number of aromatic nitrogens is 2. The molecule has 19 heavy (non-hydrogen) atoms. The summed E-state index contributed by atoms with van der Waals surface area (Å²) in [6.45, 7) is 3.37. The van der Waals surface area contributed by atoms with E-state index in [1.54, 1.807) is 0 Å². The highest BCUT2D eigenvalue weighted by Crippen LogP contribution is 2.25. The molecule has 5 heteroatoms. The lowest BCUT2D eigenvalue weighted by Crippen LogP contribution is -2.24. The van der Waals surface area contributed by atoms with E-state index < -0.39 is 9.84 Å². The van der Waals surface area contributed by atoms with E-state index in [1.165, 1.54) is 12.2 Å². The first kappa shape index (κ1) is 13.2. The van der Waals surface area contributed by atoms with E-state index in [4.69, 9.17) is 4.98 Å². The molecule has 1 aromatic rings. The molecular weight excluding hydrogens is 260 g/mol. The minimum atomic E-state index is -2.74. The Hall–Kier alpha value is -0.840. The normalized spacial score (nSPS) is 27.1. The van der Waals surface area contributed by atoms with Gasteiger partial charge in [0.2, 0.25) is 0 Å². The summed E-state index contributed by atoms with van der Waals surface area (Å²) in [4.78, 5) is 4.73. The summed E-state index contributed by atoms with van der Waals surface area (Å²) in [7, 11) is -2.74. The van der Waals surface area contributed by atoms with Crippen LogP contribution in [-0.2, 0) is 29.2 Å². The van der Waals surface area contributed by atoms with Crippen LogP contribution >= 0.6 is 0 Å². The Bertz CT molecular complexity index is 548. The number of aryl methyl sites for hydroxylation is 1. The van der Waals surface area contributed by atoms with Crippen molar-refractivity contribution in [2.24, 2.45) is 11.8 Å². The van der Waals surface area contributed by atoms with Crippen LogP contribution in [0.4, 0.5) is 0 Å². The molecule has 1 aromatic heterocycles. The van der Waals surface area contributed by atoms with E-state index in [9.17, 15) is 8.42 Å². The summed E-state index contributed by atoms with van der Waals surface area (Å²) in [5.41, 5.74) is 1.16. The minimum Gasteiger partial charge on any atom is -0.334 e. The molecule has 0 amide bonds. The van der Waals surface area contributed by atoms with Crippen molar-refractivity contribution in [1.82, 2.24) is 9.55 Å². The number of hydrogen-bond acceptors (Lipinski definition) is 3. The molecule has 0 spiro atoms. The topological polar surface area (TPSA) is 52.0 Å². The molecular formula is C14H22N2O2S. The van der Waals surface area contributed by atoms with Crippen LogP contribution in [0.1, 0.15) is 37.7 Å². The van der Waals surface area contributed by atoms with E-state index >= 15 is 0 Å². The number of rotatable bonds is 2. The Labute approximate surface area is 115 Å². The minimum absolute atomic E-state index is 0.363. The van der Waals surface area contributed by atoms with Gasteiger partial charge in [0, 0.05) is 19.2 Å². The van der Waals surface area contributed by atoms with Gasteiger partial charge in [-0.25, -0.2) is 13.4 Å². The fourth-order valence-electron chi connectivity index (χ4n) is 3.21. The largest absolute Gasteiger partial charge is 0.334 e. The second-order valence-corrected chi connectivity index (χ2v) is 8.55. The lowest BCUT2D eigenvalue weighted by molar-refractivity contribution is 0.394. The van der Waals surface area contributed by atoms with E-state index in [0.29, 0.717) is 17.4 Å². The van der Waals surface area contributed by atoms with Crippen LogP contribution in [0.2, 0.25) is 0 Å². The molecule has 0 saturated carbocycles.